The van der Waals surface area contributed by atoms with Crippen LogP contribution in [0.3, 0.4) is 0 Å². The van der Waals surface area contributed by atoms with E-state index in [1.165, 1.54) is 31.8 Å². The molecule has 23 heavy (non-hydrogen) atoms. The third-order valence-corrected chi connectivity index (χ3v) is 7.25. The Kier molecular flexibility index (Phi) is 13.9. The van der Waals surface area contributed by atoms with Crippen LogP contribution in [0.4, 0.5) is 0 Å². The molecule has 1 aliphatic rings. The van der Waals surface area contributed by atoms with Crippen molar-refractivity contribution in [1.29, 1.82) is 0 Å². The first kappa shape index (κ1) is 22.0. The molecule has 0 aromatic rings. The second-order valence-electron chi connectivity index (χ2n) is 5.33. The number of aliphatic carboxylic acids is 1. The molecule has 2 N–H and O–H groups in total. The van der Waals surface area contributed by atoms with Gasteiger partial charge in [-0.1, -0.05) is 12.2 Å². The van der Waals surface area contributed by atoms with Crippen molar-refractivity contribution < 1.29 is 14.7 Å². The molecule has 5 heteroatoms. The van der Waals surface area contributed by atoms with Gasteiger partial charge in [-0.2, -0.15) is 0 Å². The van der Waals surface area contributed by atoms with Gasteiger partial charge in [-0.25, -0.2) is 0 Å². The van der Waals surface area contributed by atoms with Crippen LogP contribution in [0.15, 0.2) is 35.6 Å². The van der Waals surface area contributed by atoms with Crippen LogP contribution in [0.25, 0.3) is 0 Å². The number of rotatable bonds is 9. The van der Waals surface area contributed by atoms with Crippen molar-refractivity contribution >= 4 is 32.9 Å². The van der Waals surface area contributed by atoms with E-state index in [9.17, 15) is 9.59 Å². The molecular formula is C18H29NO3Sn. The van der Waals surface area contributed by atoms with Crippen LogP contribution in [0.1, 0.15) is 46.5 Å². The van der Waals surface area contributed by atoms with Crippen molar-refractivity contribution in [2.24, 2.45) is 0 Å². The Morgan fingerprint density at radius 2 is 1.70 bits per heavy atom. The van der Waals surface area contributed by atoms with Crippen molar-refractivity contribution in [1.82, 2.24) is 5.32 Å². The fourth-order valence-corrected chi connectivity index (χ4v) is 5.97. The molecule has 0 aromatic heterocycles. The number of carbonyl (C=O) groups is 2. The molecule has 0 heterocycles. The first-order valence-corrected chi connectivity index (χ1v) is 12.3. The summed E-state index contributed by atoms with van der Waals surface area (Å²) < 4.78 is 3.25. The summed E-state index contributed by atoms with van der Waals surface area (Å²) in [4.78, 5) is 21.6. The molecule has 0 saturated heterocycles. The predicted molar refractivity (Wildman–Crippen MR) is 96.8 cm³/mol. The number of allylic oxidation sites excluding steroid dienone is 6. The van der Waals surface area contributed by atoms with Crippen LogP contribution in [0.2, 0.25) is 8.87 Å². The number of carbonyl (C=O) groups excluding carboxylic acids is 1. The molecule has 128 valence electrons. The molecular weight excluding hydrogens is 397 g/mol. The van der Waals surface area contributed by atoms with Crippen molar-refractivity contribution in [3.05, 3.63) is 35.6 Å². The van der Waals surface area contributed by atoms with Crippen molar-refractivity contribution in [2.75, 3.05) is 6.54 Å². The van der Waals surface area contributed by atoms with Crippen LogP contribution < -0.4 is 5.32 Å². The summed E-state index contributed by atoms with van der Waals surface area (Å²) in [5, 5.41) is 11.1. The quantitative estimate of drug-likeness (QED) is 0.335. The SMILES string of the molecule is CC(NCC(=O)O)=C1C=CC=CC1=O.CCC[CH2][Sn][CH2]CCC. The zero-order valence-corrected chi connectivity index (χ0v) is 17.4. The van der Waals surface area contributed by atoms with E-state index in [4.69, 9.17) is 5.11 Å². The third-order valence-electron chi connectivity index (χ3n) is 3.21. The van der Waals surface area contributed by atoms with E-state index in [-0.39, 0.29) is 33.5 Å². The monoisotopic (exact) mass is 427 g/mol. The molecule has 1 rings (SSSR count). The fraction of sp³-hybridized carbons (Fsp3) is 0.556. The normalized spacial score (nSPS) is 15.0. The number of ketones is 1. The number of carboxylic acid groups (broad SMARTS) is 1. The number of nitrogens with one attached hydrogen (secondary N) is 1. The van der Waals surface area contributed by atoms with Crippen LogP contribution in [-0.2, 0) is 9.59 Å². The van der Waals surface area contributed by atoms with Crippen molar-refractivity contribution in [3.63, 3.8) is 0 Å². The summed E-state index contributed by atoms with van der Waals surface area (Å²) in [7, 11) is 0. The Morgan fingerprint density at radius 1 is 1.13 bits per heavy atom. The van der Waals surface area contributed by atoms with E-state index in [2.05, 4.69) is 19.2 Å². The average Bonchev–Trinajstić information content (AvgIpc) is 2.53. The Morgan fingerprint density at radius 3 is 2.17 bits per heavy atom. The van der Waals surface area contributed by atoms with Gasteiger partial charge in [0, 0.05) is 11.3 Å². The van der Waals surface area contributed by atoms with Crippen molar-refractivity contribution in [2.45, 2.75) is 55.3 Å². The maximum absolute atomic E-state index is 11.3. The van der Waals surface area contributed by atoms with E-state index in [0.717, 1.165) is 0 Å². The fourth-order valence-electron chi connectivity index (χ4n) is 1.81. The summed E-state index contributed by atoms with van der Waals surface area (Å²) in [6, 6.07) is 0. The number of hydrogen-bond donors (Lipinski definition) is 2. The molecule has 0 unspecified atom stereocenters. The van der Waals surface area contributed by atoms with E-state index in [0.29, 0.717) is 11.3 Å². The molecule has 0 aromatic carbocycles. The molecule has 0 bridgehead atoms. The number of carboxylic acids is 1. The van der Waals surface area contributed by atoms with E-state index in [1.54, 1.807) is 34.0 Å². The van der Waals surface area contributed by atoms with Gasteiger partial charge >= 0.3 is 75.5 Å². The molecule has 2 radical (unpaired) electrons. The molecule has 0 fully saturated rings. The Bertz CT molecular complexity index is 447. The third kappa shape index (κ3) is 12.1. The van der Waals surface area contributed by atoms with E-state index < -0.39 is 5.97 Å². The standard InChI is InChI=1S/C10H11NO3.2C4H9.Sn/c1-7(11-6-10(13)14)8-4-2-3-5-9(8)12;2*1-3-4-2;/h2-5,11H,6H2,1H3,(H,13,14);2*1,3-4H2,2H3;. The topological polar surface area (TPSA) is 66.4 Å². The van der Waals surface area contributed by atoms with Crippen molar-refractivity contribution in [3.8, 4) is 0 Å². The van der Waals surface area contributed by atoms with Crippen LogP contribution in [0, 0.1) is 0 Å². The Labute approximate surface area is 150 Å². The average molecular weight is 426 g/mol. The van der Waals surface area contributed by atoms with Gasteiger partial charge in [0.1, 0.15) is 6.54 Å². The summed E-state index contributed by atoms with van der Waals surface area (Å²) in [6.07, 6.45) is 12.3. The maximum atomic E-state index is 11.3. The molecule has 1 aliphatic carbocycles. The summed E-state index contributed by atoms with van der Waals surface area (Å²) in [5.41, 5.74) is 1.09. The first-order valence-electron chi connectivity index (χ1n) is 8.29. The minimum atomic E-state index is -0.951. The summed E-state index contributed by atoms with van der Waals surface area (Å²) in [5.74, 6) is -1.06. The predicted octanol–water partition coefficient (Wildman–Crippen LogP) is 3.76. The number of hydrogen-bond acceptors (Lipinski definition) is 3. The molecule has 0 amide bonds. The van der Waals surface area contributed by atoms with Gasteiger partial charge in [-0.3, -0.25) is 9.59 Å². The number of unbranched alkanes of at least 4 members (excludes halogenated alkanes) is 2. The summed E-state index contributed by atoms with van der Waals surface area (Å²) in [6.45, 7) is 6.08. The van der Waals surface area contributed by atoms with E-state index in [1.807, 2.05) is 0 Å². The van der Waals surface area contributed by atoms with Gasteiger partial charge in [-0.05, 0) is 19.1 Å². The Hall–Kier alpha value is -1.04. The molecule has 0 atom stereocenters. The molecule has 0 aliphatic heterocycles. The van der Waals surface area contributed by atoms with Crippen LogP contribution in [-0.4, -0.2) is 44.5 Å². The zero-order valence-electron chi connectivity index (χ0n) is 14.5. The van der Waals surface area contributed by atoms with Crippen LogP contribution >= 0.6 is 0 Å². The van der Waals surface area contributed by atoms with Gasteiger partial charge < -0.3 is 10.4 Å². The molecule has 0 saturated carbocycles. The van der Waals surface area contributed by atoms with Crippen LogP contribution in [0.5, 0.6) is 0 Å². The van der Waals surface area contributed by atoms with Gasteiger partial charge in [0.15, 0.2) is 5.78 Å². The zero-order chi connectivity index (χ0) is 17.5. The molecule has 0 spiro atoms. The summed E-state index contributed by atoms with van der Waals surface area (Å²) >= 11 is 0.149. The Balaban J connectivity index is 0.000000468. The van der Waals surface area contributed by atoms with E-state index >= 15 is 0 Å². The molecule has 4 nitrogen and oxygen atoms in total. The second-order valence-corrected chi connectivity index (χ2v) is 9.61. The first-order chi connectivity index (χ1) is 11.0. The van der Waals surface area contributed by atoms with Gasteiger partial charge in [0.2, 0.25) is 0 Å². The van der Waals surface area contributed by atoms with Gasteiger partial charge in [0.05, 0.1) is 0 Å². The minimum absolute atomic E-state index is 0.108. The van der Waals surface area contributed by atoms with Gasteiger partial charge in [0.25, 0.3) is 0 Å². The second kappa shape index (κ2) is 14.5. The van der Waals surface area contributed by atoms with Gasteiger partial charge in [-0.15, -0.1) is 0 Å².